The fourth-order valence-electron chi connectivity index (χ4n) is 5.29. The average Bonchev–Trinajstić information content (AvgIpc) is 3.07. The van der Waals surface area contributed by atoms with Gasteiger partial charge in [-0.15, -0.1) is 0 Å². The Labute approximate surface area is 146 Å². The number of urea groups is 1. The van der Waals surface area contributed by atoms with Gasteiger partial charge < -0.3 is 15.0 Å². The number of rotatable bonds is 1. The van der Waals surface area contributed by atoms with Crippen LogP contribution in [-0.2, 0) is 4.74 Å². The lowest BCUT2D eigenvalue weighted by Crippen LogP contribution is -2.72. The molecule has 2 heterocycles. The minimum absolute atomic E-state index is 0.0598. The molecule has 0 radical (unpaired) electrons. The molecule has 0 aromatic carbocycles. The van der Waals surface area contributed by atoms with Crippen LogP contribution in [0.15, 0.2) is 0 Å². The van der Waals surface area contributed by atoms with Crippen LogP contribution in [0, 0.1) is 16.7 Å². The molecule has 4 rings (SSSR count). The molecule has 4 aliphatic rings. The van der Waals surface area contributed by atoms with Gasteiger partial charge in [0.25, 0.3) is 0 Å². The number of carbonyl (C=O) groups excluding carboxylic acids is 1. The summed E-state index contributed by atoms with van der Waals surface area (Å²) in [6.45, 7) is -1.36. The number of hydrogen-bond acceptors (Lipinski definition) is 2. The van der Waals surface area contributed by atoms with Crippen LogP contribution in [0.25, 0.3) is 0 Å². The molecule has 3 unspecified atom stereocenters. The van der Waals surface area contributed by atoms with Gasteiger partial charge in [-0.1, -0.05) is 6.42 Å². The number of hydrogen-bond donors (Lipinski definition) is 1. The number of fused-ring (bicyclic) bond motifs is 2. The van der Waals surface area contributed by atoms with E-state index < -0.39 is 43.3 Å². The lowest BCUT2D eigenvalue weighted by Gasteiger charge is -2.63. The van der Waals surface area contributed by atoms with Crippen molar-refractivity contribution in [2.75, 3.05) is 19.7 Å². The van der Waals surface area contributed by atoms with E-state index in [1.165, 1.54) is 0 Å². The maximum Gasteiger partial charge on any atom is 0.404 e. The van der Waals surface area contributed by atoms with Crippen molar-refractivity contribution in [2.24, 2.45) is 16.7 Å². The van der Waals surface area contributed by atoms with Crippen molar-refractivity contribution >= 4 is 6.03 Å². The van der Waals surface area contributed by atoms with Crippen LogP contribution in [0.1, 0.15) is 32.1 Å². The molecule has 2 saturated heterocycles. The Kier molecular flexibility index (Phi) is 3.79. The molecule has 2 aliphatic carbocycles. The molecular formula is C16H20F6N2O2. The van der Waals surface area contributed by atoms with Crippen LogP contribution in [0.2, 0.25) is 0 Å². The van der Waals surface area contributed by atoms with E-state index in [1.807, 2.05) is 0 Å². The molecule has 0 bridgehead atoms. The first-order valence-corrected chi connectivity index (χ1v) is 8.82. The monoisotopic (exact) mass is 386 g/mol. The van der Waals surface area contributed by atoms with Crippen molar-refractivity contribution in [1.82, 2.24) is 10.2 Å². The average molecular weight is 386 g/mol. The second-order valence-electron chi connectivity index (χ2n) is 8.01. The summed E-state index contributed by atoms with van der Waals surface area (Å²) in [7, 11) is 0. The first-order chi connectivity index (χ1) is 12.0. The maximum absolute atomic E-state index is 13.2. The largest absolute Gasteiger partial charge is 0.404 e. The van der Waals surface area contributed by atoms with Crippen LogP contribution in [0.5, 0.6) is 0 Å². The molecule has 10 heteroatoms. The quantitative estimate of drug-likeness (QED) is 0.702. The van der Waals surface area contributed by atoms with Crippen molar-refractivity contribution < 1.29 is 35.9 Å². The first-order valence-electron chi connectivity index (χ1n) is 8.82. The molecule has 1 N–H and O–H groups in total. The number of halogens is 6. The summed E-state index contributed by atoms with van der Waals surface area (Å²) in [6.07, 6.45) is -8.50. The third-order valence-electron chi connectivity index (χ3n) is 6.96. The molecule has 0 aromatic heterocycles. The lowest BCUT2D eigenvalue weighted by molar-refractivity contribution is -0.334. The van der Waals surface area contributed by atoms with Gasteiger partial charge in [-0.05, 0) is 25.7 Å². The number of likely N-dealkylation sites (tertiary alicyclic amines) is 1. The second kappa shape index (κ2) is 5.42. The fraction of sp³-hybridized carbons (Fsp3) is 0.938. The second-order valence-corrected chi connectivity index (χ2v) is 8.01. The van der Waals surface area contributed by atoms with Gasteiger partial charge in [-0.3, -0.25) is 0 Å². The van der Waals surface area contributed by atoms with E-state index >= 15 is 0 Å². The van der Waals surface area contributed by atoms with Crippen LogP contribution >= 0.6 is 0 Å². The number of nitrogens with zero attached hydrogens (tertiary/aromatic N) is 1. The van der Waals surface area contributed by atoms with Crippen LogP contribution in [-0.4, -0.2) is 55.1 Å². The van der Waals surface area contributed by atoms with Gasteiger partial charge in [0, 0.05) is 37.1 Å². The highest BCUT2D eigenvalue weighted by Crippen LogP contribution is 2.63. The van der Waals surface area contributed by atoms with E-state index in [-0.39, 0.29) is 23.5 Å². The number of amides is 2. The molecule has 2 aliphatic heterocycles. The van der Waals surface area contributed by atoms with Gasteiger partial charge in [0.05, 0.1) is 6.10 Å². The zero-order valence-electron chi connectivity index (χ0n) is 13.9. The molecule has 3 atom stereocenters. The molecule has 0 aromatic rings. The minimum atomic E-state index is -5.45. The molecule has 2 amide bonds. The van der Waals surface area contributed by atoms with Gasteiger partial charge >= 0.3 is 18.4 Å². The molecule has 1 spiro atoms. The van der Waals surface area contributed by atoms with Gasteiger partial charge in [-0.25, -0.2) is 4.79 Å². The van der Waals surface area contributed by atoms with E-state index in [2.05, 4.69) is 5.32 Å². The van der Waals surface area contributed by atoms with Crippen molar-refractivity contribution in [3.63, 3.8) is 0 Å². The zero-order valence-corrected chi connectivity index (χ0v) is 13.9. The standard InChI is InChI=1S/C16H20F6N2O2/c17-15(18,19)14(16(20,21)22)5-6-24(8-14)12(25)23-10-9-2-7-26-11(9)13(10)3-1-4-13/h9-11H,1-8H2,(H,23,25). The highest BCUT2D eigenvalue weighted by molar-refractivity contribution is 5.75. The maximum atomic E-state index is 13.2. The Morgan fingerprint density at radius 3 is 2.23 bits per heavy atom. The third-order valence-corrected chi connectivity index (χ3v) is 6.96. The highest BCUT2D eigenvalue weighted by Gasteiger charge is 2.73. The van der Waals surface area contributed by atoms with Crippen molar-refractivity contribution in [2.45, 2.75) is 56.6 Å². The lowest BCUT2D eigenvalue weighted by atomic mass is 9.46. The van der Waals surface area contributed by atoms with Crippen LogP contribution in [0.3, 0.4) is 0 Å². The molecular weight excluding hydrogens is 366 g/mol. The van der Waals surface area contributed by atoms with E-state index in [4.69, 9.17) is 4.74 Å². The van der Waals surface area contributed by atoms with E-state index in [9.17, 15) is 31.1 Å². The number of alkyl halides is 6. The third kappa shape index (κ3) is 2.23. The summed E-state index contributed by atoms with van der Waals surface area (Å²) in [5.41, 5.74) is -4.02. The topological polar surface area (TPSA) is 41.6 Å². The van der Waals surface area contributed by atoms with Gasteiger partial charge in [-0.2, -0.15) is 26.3 Å². The Balaban J connectivity index is 1.47. The molecule has 2 saturated carbocycles. The van der Waals surface area contributed by atoms with E-state index in [0.717, 1.165) is 25.7 Å². The van der Waals surface area contributed by atoms with Crippen LogP contribution in [0.4, 0.5) is 31.1 Å². The molecule has 26 heavy (non-hydrogen) atoms. The first kappa shape index (κ1) is 18.2. The van der Waals surface area contributed by atoms with Crippen molar-refractivity contribution in [3.8, 4) is 0 Å². The Bertz CT molecular complexity index is 587. The summed E-state index contributed by atoms with van der Waals surface area (Å²) < 4.78 is 84.6. The molecule has 148 valence electrons. The van der Waals surface area contributed by atoms with Gasteiger partial charge in [0.1, 0.15) is 0 Å². The number of nitrogens with one attached hydrogen (secondary N) is 1. The van der Waals surface area contributed by atoms with E-state index in [1.54, 1.807) is 0 Å². The molecule has 4 nitrogen and oxygen atoms in total. The van der Waals surface area contributed by atoms with Crippen LogP contribution < -0.4 is 5.32 Å². The number of ether oxygens (including phenoxy) is 1. The fourth-order valence-corrected chi connectivity index (χ4v) is 5.29. The van der Waals surface area contributed by atoms with Crippen molar-refractivity contribution in [3.05, 3.63) is 0 Å². The minimum Gasteiger partial charge on any atom is -0.377 e. The highest BCUT2D eigenvalue weighted by atomic mass is 19.4. The van der Waals surface area contributed by atoms with Crippen molar-refractivity contribution in [1.29, 1.82) is 0 Å². The predicted molar refractivity (Wildman–Crippen MR) is 77.2 cm³/mol. The Hall–Kier alpha value is -1.19. The summed E-state index contributed by atoms with van der Waals surface area (Å²) in [5.74, 6) is 0.108. The van der Waals surface area contributed by atoms with E-state index in [0.29, 0.717) is 11.5 Å². The summed E-state index contributed by atoms with van der Waals surface area (Å²) >= 11 is 0. The smallest absolute Gasteiger partial charge is 0.377 e. The number of carbonyl (C=O) groups is 1. The predicted octanol–water partition coefficient (Wildman–Crippen LogP) is 3.47. The Morgan fingerprint density at radius 2 is 1.73 bits per heavy atom. The summed E-state index contributed by atoms with van der Waals surface area (Å²) in [6, 6.07) is -1.05. The van der Waals surface area contributed by atoms with Gasteiger partial charge in [0.2, 0.25) is 0 Å². The zero-order chi connectivity index (χ0) is 19.0. The van der Waals surface area contributed by atoms with Gasteiger partial charge in [0.15, 0.2) is 5.41 Å². The molecule has 4 fully saturated rings. The Morgan fingerprint density at radius 1 is 1.08 bits per heavy atom. The SMILES string of the molecule is O=C(NC1C2CCOC2C12CCC2)N1CCC(C(F)(F)F)(C(F)(F)F)C1. The normalized spacial score (nSPS) is 35.0. The summed E-state index contributed by atoms with van der Waals surface area (Å²) in [4.78, 5) is 13.1. The summed E-state index contributed by atoms with van der Waals surface area (Å²) in [5, 5.41) is 2.74.